The van der Waals surface area contributed by atoms with Crippen molar-refractivity contribution in [1.29, 1.82) is 0 Å². The number of allylic oxidation sites excluding steroid dienone is 1. The zero-order chi connectivity index (χ0) is 12.3. The summed E-state index contributed by atoms with van der Waals surface area (Å²) in [6.45, 7) is 5.95. The van der Waals surface area contributed by atoms with Crippen LogP contribution >= 0.6 is 23.2 Å². The molecule has 0 saturated heterocycles. The van der Waals surface area contributed by atoms with E-state index in [-0.39, 0.29) is 6.04 Å². The van der Waals surface area contributed by atoms with Gasteiger partial charge in [0.25, 0.3) is 0 Å². The predicted molar refractivity (Wildman–Crippen MR) is 73.0 cm³/mol. The highest BCUT2D eigenvalue weighted by Gasteiger charge is 2.13. The Morgan fingerprint density at radius 2 is 1.94 bits per heavy atom. The van der Waals surface area contributed by atoms with E-state index >= 15 is 0 Å². The molecule has 4 heteroatoms. The monoisotopic (exact) mass is 258 g/mol. The van der Waals surface area contributed by atoms with Crippen molar-refractivity contribution >= 4 is 35.0 Å². The van der Waals surface area contributed by atoms with Crippen LogP contribution in [0.4, 0.5) is 5.69 Å². The number of nitrogens with two attached hydrogens (primary N) is 1. The van der Waals surface area contributed by atoms with E-state index in [1.165, 1.54) is 0 Å². The molecule has 0 atom stereocenters. The molecule has 0 radical (unpaired) electrons. The molecule has 0 aliphatic rings. The molecular formula is C12H16Cl2N2. The summed E-state index contributed by atoms with van der Waals surface area (Å²) >= 11 is 12.1. The van der Waals surface area contributed by atoms with E-state index in [4.69, 9.17) is 29.0 Å². The topological polar surface area (TPSA) is 29.3 Å². The average molecular weight is 259 g/mol. The summed E-state index contributed by atoms with van der Waals surface area (Å²) in [5.74, 6) is 5.99. The van der Waals surface area contributed by atoms with Gasteiger partial charge in [0.1, 0.15) is 0 Å². The number of benzene rings is 1. The maximum atomic E-state index is 6.14. The van der Waals surface area contributed by atoms with Gasteiger partial charge >= 0.3 is 0 Å². The molecule has 0 aliphatic carbocycles. The van der Waals surface area contributed by atoms with Gasteiger partial charge in [0, 0.05) is 16.6 Å². The minimum absolute atomic E-state index is 0.179. The third kappa shape index (κ3) is 2.91. The summed E-state index contributed by atoms with van der Waals surface area (Å²) in [5.41, 5.74) is 1.73. The van der Waals surface area contributed by atoms with Gasteiger partial charge in [0.2, 0.25) is 0 Å². The minimum atomic E-state index is 0.179. The molecule has 1 aromatic carbocycles. The van der Waals surface area contributed by atoms with Crippen LogP contribution < -0.4 is 10.9 Å². The van der Waals surface area contributed by atoms with Crippen molar-refractivity contribution in [3.05, 3.63) is 33.8 Å². The molecule has 0 spiro atoms. The molecule has 1 aromatic rings. The molecule has 0 unspecified atom stereocenters. The number of anilines is 1. The third-order valence-corrected chi connectivity index (χ3v) is 2.77. The lowest BCUT2D eigenvalue weighted by Crippen LogP contribution is -2.37. The molecule has 0 bridgehead atoms. The number of rotatable bonds is 3. The zero-order valence-corrected chi connectivity index (χ0v) is 11.2. The van der Waals surface area contributed by atoms with Gasteiger partial charge in [-0.2, -0.15) is 0 Å². The number of halogens is 2. The third-order valence-electron chi connectivity index (χ3n) is 2.24. The van der Waals surface area contributed by atoms with Crippen molar-refractivity contribution in [2.45, 2.75) is 26.8 Å². The van der Waals surface area contributed by atoms with Gasteiger partial charge in [-0.1, -0.05) is 35.4 Å². The second-order valence-corrected chi connectivity index (χ2v) is 4.67. The van der Waals surface area contributed by atoms with Crippen LogP contribution in [0.15, 0.2) is 18.2 Å². The molecular weight excluding hydrogens is 243 g/mol. The Labute approximate surface area is 107 Å². The number of hydrogen-bond acceptors (Lipinski definition) is 2. The fourth-order valence-corrected chi connectivity index (χ4v) is 1.94. The Hall–Kier alpha value is -0.700. The van der Waals surface area contributed by atoms with Crippen molar-refractivity contribution in [1.82, 2.24) is 0 Å². The normalized spacial score (nSPS) is 11.4. The van der Waals surface area contributed by atoms with E-state index in [0.29, 0.717) is 10.0 Å². The lowest BCUT2D eigenvalue weighted by molar-refractivity contribution is 0.711. The smallest absolute Gasteiger partial charge is 0.0622 e. The summed E-state index contributed by atoms with van der Waals surface area (Å²) in [5, 5.41) is 2.86. The summed E-state index contributed by atoms with van der Waals surface area (Å²) in [7, 11) is 0. The molecule has 2 N–H and O–H groups in total. The minimum Gasteiger partial charge on any atom is -0.308 e. The molecule has 0 saturated carbocycles. The van der Waals surface area contributed by atoms with Crippen LogP contribution in [0.5, 0.6) is 0 Å². The maximum absolute atomic E-state index is 6.14. The number of nitrogens with zero attached hydrogens (tertiary/aromatic N) is 1. The van der Waals surface area contributed by atoms with Crippen LogP contribution in [-0.2, 0) is 0 Å². The second kappa shape index (κ2) is 5.58. The number of hydrazine groups is 1. The molecule has 0 heterocycles. The van der Waals surface area contributed by atoms with E-state index in [2.05, 4.69) is 0 Å². The number of hydrogen-bond donors (Lipinski definition) is 1. The van der Waals surface area contributed by atoms with Crippen LogP contribution in [0, 0.1) is 0 Å². The highest BCUT2D eigenvalue weighted by molar-refractivity contribution is 6.36. The van der Waals surface area contributed by atoms with Crippen molar-refractivity contribution in [3.8, 4) is 0 Å². The van der Waals surface area contributed by atoms with Crippen molar-refractivity contribution in [2.75, 3.05) is 5.01 Å². The SMILES string of the molecule is C/C=C\c1c(Cl)cc(Cl)cc1N(N)C(C)C. The molecule has 0 aliphatic heterocycles. The van der Waals surface area contributed by atoms with Gasteiger partial charge in [-0.15, -0.1) is 0 Å². The average Bonchev–Trinajstić information content (AvgIpc) is 2.20. The fourth-order valence-electron chi connectivity index (χ4n) is 1.39. The van der Waals surface area contributed by atoms with E-state index in [9.17, 15) is 0 Å². The van der Waals surface area contributed by atoms with Crippen molar-refractivity contribution in [3.63, 3.8) is 0 Å². The first-order chi connectivity index (χ1) is 7.47. The second-order valence-electron chi connectivity index (χ2n) is 3.82. The molecule has 2 nitrogen and oxygen atoms in total. The highest BCUT2D eigenvalue weighted by Crippen LogP contribution is 2.32. The largest absolute Gasteiger partial charge is 0.308 e. The Kier molecular flexibility index (Phi) is 4.66. The van der Waals surface area contributed by atoms with Crippen molar-refractivity contribution in [2.24, 2.45) is 5.84 Å². The first-order valence-corrected chi connectivity index (χ1v) is 5.88. The Bertz CT molecular complexity index is 400. The van der Waals surface area contributed by atoms with Gasteiger partial charge < -0.3 is 5.01 Å². The summed E-state index contributed by atoms with van der Waals surface area (Å²) in [4.78, 5) is 0. The van der Waals surface area contributed by atoms with Gasteiger partial charge in [0.15, 0.2) is 0 Å². The summed E-state index contributed by atoms with van der Waals surface area (Å²) < 4.78 is 0. The fraction of sp³-hybridized carbons (Fsp3) is 0.333. The van der Waals surface area contributed by atoms with Crippen LogP contribution in [0.25, 0.3) is 6.08 Å². The quantitative estimate of drug-likeness (QED) is 0.653. The summed E-state index contributed by atoms with van der Waals surface area (Å²) in [6, 6.07) is 3.72. The Balaban J connectivity index is 3.34. The Morgan fingerprint density at radius 3 is 2.44 bits per heavy atom. The van der Waals surface area contributed by atoms with Gasteiger partial charge in [-0.3, -0.25) is 0 Å². The molecule has 88 valence electrons. The van der Waals surface area contributed by atoms with E-state index < -0.39 is 0 Å². The predicted octanol–water partition coefficient (Wildman–Crippen LogP) is 4.12. The highest BCUT2D eigenvalue weighted by atomic mass is 35.5. The standard InChI is InChI=1S/C12H16Cl2N2/c1-4-5-10-11(14)6-9(13)7-12(10)16(15)8(2)3/h4-8H,15H2,1-3H3/b5-4-. The molecule has 0 fully saturated rings. The van der Waals surface area contributed by atoms with Crippen molar-refractivity contribution < 1.29 is 0 Å². The van der Waals surface area contributed by atoms with Crippen LogP contribution in [0.3, 0.4) is 0 Å². The molecule has 1 rings (SSSR count). The summed E-state index contributed by atoms with van der Waals surface area (Å²) in [6.07, 6.45) is 3.85. The molecule has 0 amide bonds. The van der Waals surface area contributed by atoms with Gasteiger partial charge in [0.05, 0.1) is 10.7 Å². The zero-order valence-electron chi connectivity index (χ0n) is 9.67. The van der Waals surface area contributed by atoms with Crippen LogP contribution in [0.2, 0.25) is 10.0 Å². The van der Waals surface area contributed by atoms with E-state index in [0.717, 1.165) is 11.3 Å². The first kappa shape index (κ1) is 13.4. The van der Waals surface area contributed by atoms with Gasteiger partial charge in [-0.05, 0) is 32.9 Å². The molecule has 0 aromatic heterocycles. The lowest BCUT2D eigenvalue weighted by atomic mass is 10.1. The van der Waals surface area contributed by atoms with Gasteiger partial charge in [-0.25, -0.2) is 5.84 Å². The Morgan fingerprint density at radius 1 is 1.31 bits per heavy atom. The first-order valence-electron chi connectivity index (χ1n) is 5.13. The van der Waals surface area contributed by atoms with Crippen LogP contribution in [-0.4, -0.2) is 6.04 Å². The lowest BCUT2D eigenvalue weighted by Gasteiger charge is -2.25. The van der Waals surface area contributed by atoms with E-state index in [1.54, 1.807) is 11.1 Å². The van der Waals surface area contributed by atoms with E-state index in [1.807, 2.05) is 39.0 Å². The maximum Gasteiger partial charge on any atom is 0.0622 e. The molecule has 16 heavy (non-hydrogen) atoms. The van der Waals surface area contributed by atoms with Crippen LogP contribution in [0.1, 0.15) is 26.3 Å².